The third kappa shape index (κ3) is 5.94. The molecule has 0 spiro atoms. The fourth-order valence-electron chi connectivity index (χ4n) is 2.80. The van der Waals surface area contributed by atoms with Crippen molar-refractivity contribution in [1.29, 1.82) is 0 Å². The summed E-state index contributed by atoms with van der Waals surface area (Å²) < 4.78 is 0. The summed E-state index contributed by atoms with van der Waals surface area (Å²) in [4.78, 5) is 14.2. The van der Waals surface area contributed by atoms with E-state index in [1.165, 1.54) is 12.8 Å². The predicted octanol–water partition coefficient (Wildman–Crippen LogP) is 3.05. The SMILES string of the molecule is CCCNC(C)CCN1CCC(C(C)C)CCC1=O. The summed E-state index contributed by atoms with van der Waals surface area (Å²) in [7, 11) is 0. The van der Waals surface area contributed by atoms with Crippen LogP contribution in [0.5, 0.6) is 0 Å². The smallest absolute Gasteiger partial charge is 0.222 e. The van der Waals surface area contributed by atoms with Crippen LogP contribution in [0.25, 0.3) is 0 Å². The minimum atomic E-state index is 0.367. The molecular formula is C16H32N2O. The second-order valence-corrected chi connectivity index (χ2v) is 6.36. The summed E-state index contributed by atoms with van der Waals surface area (Å²) >= 11 is 0. The lowest BCUT2D eigenvalue weighted by Gasteiger charge is -2.23. The Morgan fingerprint density at radius 3 is 2.68 bits per heavy atom. The summed E-state index contributed by atoms with van der Waals surface area (Å²) in [6, 6.07) is 0.511. The highest BCUT2D eigenvalue weighted by Gasteiger charge is 2.24. The number of rotatable bonds is 7. The van der Waals surface area contributed by atoms with Crippen molar-refractivity contribution in [3.8, 4) is 0 Å². The number of hydrogen-bond acceptors (Lipinski definition) is 2. The Morgan fingerprint density at radius 1 is 1.32 bits per heavy atom. The fraction of sp³-hybridized carbons (Fsp3) is 0.938. The van der Waals surface area contributed by atoms with Crippen LogP contribution in [0.2, 0.25) is 0 Å². The zero-order valence-electron chi connectivity index (χ0n) is 13.2. The number of nitrogens with one attached hydrogen (secondary N) is 1. The average molecular weight is 268 g/mol. The quantitative estimate of drug-likeness (QED) is 0.769. The molecule has 1 amide bonds. The van der Waals surface area contributed by atoms with Crippen molar-refractivity contribution in [1.82, 2.24) is 10.2 Å². The van der Waals surface area contributed by atoms with Gasteiger partial charge in [-0.2, -0.15) is 0 Å². The minimum Gasteiger partial charge on any atom is -0.343 e. The van der Waals surface area contributed by atoms with E-state index in [1.54, 1.807) is 0 Å². The van der Waals surface area contributed by atoms with Gasteiger partial charge in [0.25, 0.3) is 0 Å². The number of carbonyl (C=O) groups is 1. The largest absolute Gasteiger partial charge is 0.343 e. The Kier molecular flexibility index (Phi) is 7.44. The maximum absolute atomic E-state index is 12.1. The molecule has 1 N–H and O–H groups in total. The lowest BCUT2D eigenvalue weighted by molar-refractivity contribution is -0.130. The monoisotopic (exact) mass is 268 g/mol. The first-order chi connectivity index (χ1) is 9.04. The van der Waals surface area contributed by atoms with E-state index < -0.39 is 0 Å². The summed E-state index contributed by atoms with van der Waals surface area (Å²) in [5, 5.41) is 3.49. The Hall–Kier alpha value is -0.570. The van der Waals surface area contributed by atoms with E-state index in [2.05, 4.69) is 37.9 Å². The number of hydrogen-bond donors (Lipinski definition) is 1. The lowest BCUT2D eigenvalue weighted by Crippen LogP contribution is -2.36. The van der Waals surface area contributed by atoms with Crippen molar-refractivity contribution in [2.24, 2.45) is 11.8 Å². The van der Waals surface area contributed by atoms with E-state index in [-0.39, 0.29) is 0 Å². The second kappa shape index (κ2) is 8.57. The molecule has 1 aliphatic rings. The first-order valence-corrected chi connectivity index (χ1v) is 8.05. The molecule has 3 heteroatoms. The highest BCUT2D eigenvalue weighted by molar-refractivity contribution is 5.76. The Labute approximate surface area is 119 Å². The molecule has 0 bridgehead atoms. The zero-order chi connectivity index (χ0) is 14.3. The normalized spacial score (nSPS) is 22.7. The molecule has 3 nitrogen and oxygen atoms in total. The van der Waals surface area contributed by atoms with Gasteiger partial charge in [0.1, 0.15) is 0 Å². The molecule has 112 valence electrons. The summed E-state index contributed by atoms with van der Waals surface area (Å²) in [5.74, 6) is 1.80. The maximum atomic E-state index is 12.1. The molecule has 0 aromatic rings. The van der Waals surface area contributed by atoms with Crippen LogP contribution < -0.4 is 5.32 Å². The van der Waals surface area contributed by atoms with Gasteiger partial charge >= 0.3 is 0 Å². The van der Waals surface area contributed by atoms with Crippen LogP contribution in [0.1, 0.15) is 59.8 Å². The van der Waals surface area contributed by atoms with Crippen molar-refractivity contribution in [2.75, 3.05) is 19.6 Å². The number of carbonyl (C=O) groups excluding carboxylic acids is 1. The van der Waals surface area contributed by atoms with Gasteiger partial charge in [-0.05, 0) is 51.0 Å². The molecule has 2 atom stereocenters. The summed E-state index contributed by atoms with van der Waals surface area (Å²) in [6.45, 7) is 11.9. The van der Waals surface area contributed by atoms with Crippen molar-refractivity contribution in [3.05, 3.63) is 0 Å². The van der Waals surface area contributed by atoms with Crippen molar-refractivity contribution in [3.63, 3.8) is 0 Å². The molecule has 1 fully saturated rings. The van der Waals surface area contributed by atoms with Crippen LogP contribution in [0.3, 0.4) is 0 Å². The maximum Gasteiger partial charge on any atom is 0.222 e. The lowest BCUT2D eigenvalue weighted by atomic mass is 9.89. The van der Waals surface area contributed by atoms with Gasteiger partial charge in [0.15, 0.2) is 0 Å². The Morgan fingerprint density at radius 2 is 2.05 bits per heavy atom. The fourth-order valence-corrected chi connectivity index (χ4v) is 2.80. The number of nitrogens with zero attached hydrogens (tertiary/aromatic N) is 1. The van der Waals surface area contributed by atoms with Crippen LogP contribution >= 0.6 is 0 Å². The van der Waals surface area contributed by atoms with Crippen LogP contribution in [0, 0.1) is 11.8 Å². The van der Waals surface area contributed by atoms with E-state index >= 15 is 0 Å². The molecule has 19 heavy (non-hydrogen) atoms. The van der Waals surface area contributed by atoms with Gasteiger partial charge in [-0.1, -0.05) is 20.8 Å². The van der Waals surface area contributed by atoms with Crippen molar-refractivity contribution >= 4 is 5.91 Å². The topological polar surface area (TPSA) is 32.3 Å². The molecule has 0 aromatic carbocycles. The van der Waals surface area contributed by atoms with E-state index in [0.29, 0.717) is 17.9 Å². The van der Waals surface area contributed by atoms with E-state index in [4.69, 9.17) is 0 Å². The minimum absolute atomic E-state index is 0.367. The first-order valence-electron chi connectivity index (χ1n) is 8.05. The summed E-state index contributed by atoms with van der Waals surface area (Å²) in [6.07, 6.45) is 5.25. The molecule has 1 heterocycles. The van der Waals surface area contributed by atoms with Gasteiger partial charge in [0, 0.05) is 25.6 Å². The highest BCUT2D eigenvalue weighted by atomic mass is 16.2. The molecule has 1 rings (SSSR count). The van der Waals surface area contributed by atoms with Crippen LogP contribution in [-0.2, 0) is 4.79 Å². The molecule has 0 aliphatic carbocycles. The van der Waals surface area contributed by atoms with E-state index in [1.807, 2.05) is 0 Å². The average Bonchev–Trinajstić information content (AvgIpc) is 2.56. The van der Waals surface area contributed by atoms with E-state index in [0.717, 1.165) is 44.8 Å². The van der Waals surface area contributed by atoms with Gasteiger partial charge in [-0.3, -0.25) is 4.79 Å². The van der Waals surface area contributed by atoms with Crippen molar-refractivity contribution in [2.45, 2.75) is 65.8 Å². The number of amides is 1. The Balaban J connectivity index is 2.34. The molecule has 2 unspecified atom stereocenters. The van der Waals surface area contributed by atoms with Crippen LogP contribution in [0.15, 0.2) is 0 Å². The third-order valence-electron chi connectivity index (χ3n) is 4.37. The molecule has 1 saturated heterocycles. The van der Waals surface area contributed by atoms with Crippen LogP contribution in [0.4, 0.5) is 0 Å². The number of likely N-dealkylation sites (tertiary alicyclic amines) is 1. The second-order valence-electron chi connectivity index (χ2n) is 6.36. The molecular weight excluding hydrogens is 236 g/mol. The molecule has 1 aliphatic heterocycles. The Bertz CT molecular complexity index is 265. The van der Waals surface area contributed by atoms with Gasteiger partial charge < -0.3 is 10.2 Å². The van der Waals surface area contributed by atoms with E-state index in [9.17, 15) is 4.79 Å². The van der Waals surface area contributed by atoms with Crippen molar-refractivity contribution < 1.29 is 4.79 Å². The standard InChI is InChI=1S/C16H32N2O/c1-5-10-17-14(4)8-11-18-12-9-15(13(2)3)6-7-16(18)19/h13-15,17H,5-12H2,1-4H3. The predicted molar refractivity (Wildman–Crippen MR) is 81.1 cm³/mol. The third-order valence-corrected chi connectivity index (χ3v) is 4.37. The van der Waals surface area contributed by atoms with Gasteiger partial charge in [0.05, 0.1) is 0 Å². The molecule has 0 radical (unpaired) electrons. The molecule has 0 aromatic heterocycles. The molecule has 0 saturated carbocycles. The highest BCUT2D eigenvalue weighted by Crippen LogP contribution is 2.25. The zero-order valence-corrected chi connectivity index (χ0v) is 13.2. The van der Waals surface area contributed by atoms with Gasteiger partial charge in [-0.25, -0.2) is 0 Å². The van der Waals surface area contributed by atoms with Gasteiger partial charge in [0.2, 0.25) is 5.91 Å². The van der Waals surface area contributed by atoms with Gasteiger partial charge in [-0.15, -0.1) is 0 Å². The van der Waals surface area contributed by atoms with Crippen LogP contribution in [-0.4, -0.2) is 36.5 Å². The first kappa shape index (κ1) is 16.5. The summed E-state index contributed by atoms with van der Waals surface area (Å²) in [5.41, 5.74) is 0.